The van der Waals surface area contributed by atoms with Crippen LogP contribution in [-0.4, -0.2) is 19.5 Å². The Hall–Kier alpha value is -9.19. The number of benzene rings is 12. The van der Waals surface area contributed by atoms with E-state index in [9.17, 15) is 0 Å². The summed E-state index contributed by atoms with van der Waals surface area (Å²) in [6.45, 7) is 0. The van der Waals surface area contributed by atoms with Crippen LogP contribution in [0.5, 0.6) is 0 Å². The maximum Gasteiger partial charge on any atom is 0.167 e. The van der Waals surface area contributed by atoms with Crippen molar-refractivity contribution in [1.82, 2.24) is 19.5 Å². The Bertz CT molecular complexity index is 4540. The van der Waals surface area contributed by atoms with Gasteiger partial charge >= 0.3 is 0 Å². The molecule has 0 spiro atoms. The molecule has 0 bridgehead atoms. The zero-order chi connectivity index (χ0) is 44.5. The zero-order valence-electron chi connectivity index (χ0n) is 36.5. The Morgan fingerprint density at radius 3 is 1.54 bits per heavy atom. The summed E-state index contributed by atoms with van der Waals surface area (Å²) in [5.74, 6) is 1.74. The van der Waals surface area contributed by atoms with Crippen molar-refractivity contribution in [3.05, 3.63) is 218 Å². The van der Waals surface area contributed by atoms with Crippen molar-refractivity contribution in [1.29, 1.82) is 0 Å². The number of aromatic nitrogens is 4. The number of furan rings is 1. The van der Waals surface area contributed by atoms with E-state index >= 15 is 0 Å². The van der Waals surface area contributed by atoms with Gasteiger partial charge in [0.1, 0.15) is 11.2 Å². The summed E-state index contributed by atoms with van der Waals surface area (Å²) in [6, 6.07) is 78.3. The third kappa shape index (κ3) is 5.53. The number of hydrogen-bond donors (Lipinski definition) is 0. The van der Waals surface area contributed by atoms with Crippen molar-refractivity contribution >= 4 is 108 Å². The average Bonchev–Trinajstić information content (AvgIpc) is 3.94. The summed E-state index contributed by atoms with van der Waals surface area (Å²) in [7, 11) is 0. The molecule has 314 valence electrons. The number of para-hydroxylation sites is 1. The first kappa shape index (κ1) is 37.1. The van der Waals surface area contributed by atoms with Crippen LogP contribution < -0.4 is 0 Å². The second-order valence-corrected chi connectivity index (χ2v) is 18.0. The van der Waals surface area contributed by atoms with E-state index in [-0.39, 0.29) is 0 Å². The molecule has 12 aromatic carbocycles. The fourth-order valence-electron chi connectivity index (χ4n) is 10.9. The van der Waals surface area contributed by atoms with Gasteiger partial charge in [0.15, 0.2) is 17.5 Å². The second kappa shape index (κ2) is 14.2. The largest absolute Gasteiger partial charge is 0.455 e. The summed E-state index contributed by atoms with van der Waals surface area (Å²) in [6.07, 6.45) is 0. The lowest BCUT2D eigenvalue weighted by molar-refractivity contribution is 0.670. The standard InChI is InChI=1S/C63H36N4O/c1-2-14-38-29-44(26-25-37(38)13-1)61-64-62(54-33-43-19-7-8-20-47(43)49-21-9-10-22-50(49)54)66-63(65-61)55-34-45-30-46(27-28-48(45)59-51-23-11-12-24-58(51)68-60(55)59)67-56-35-41-17-5-3-15-39(41)31-52(56)53-32-40-16-4-6-18-42(40)36-57(53)67/h1-36H. The van der Waals surface area contributed by atoms with E-state index < -0.39 is 0 Å². The molecule has 0 saturated heterocycles. The summed E-state index contributed by atoms with van der Waals surface area (Å²) < 4.78 is 9.35. The van der Waals surface area contributed by atoms with Crippen molar-refractivity contribution in [2.75, 3.05) is 0 Å². The Morgan fingerprint density at radius 2 is 0.838 bits per heavy atom. The molecule has 0 unspecified atom stereocenters. The lowest BCUT2D eigenvalue weighted by Crippen LogP contribution is -2.01. The predicted octanol–water partition coefficient (Wildman–Crippen LogP) is 16.8. The third-order valence-corrected chi connectivity index (χ3v) is 14.1. The molecule has 0 aliphatic heterocycles. The van der Waals surface area contributed by atoms with Crippen LogP contribution in [0.3, 0.4) is 0 Å². The van der Waals surface area contributed by atoms with Crippen molar-refractivity contribution < 1.29 is 4.42 Å². The van der Waals surface area contributed by atoms with Crippen LogP contribution in [0.15, 0.2) is 223 Å². The molecule has 5 heteroatoms. The smallest absolute Gasteiger partial charge is 0.167 e. The van der Waals surface area contributed by atoms with Gasteiger partial charge < -0.3 is 8.98 Å². The maximum absolute atomic E-state index is 6.92. The lowest BCUT2D eigenvalue weighted by Gasteiger charge is -2.14. The van der Waals surface area contributed by atoms with Gasteiger partial charge in [0.05, 0.1) is 16.6 Å². The molecule has 0 amide bonds. The molecule has 5 nitrogen and oxygen atoms in total. The van der Waals surface area contributed by atoms with E-state index in [4.69, 9.17) is 19.4 Å². The van der Waals surface area contributed by atoms with Crippen LogP contribution in [0.1, 0.15) is 0 Å². The fraction of sp³-hybridized carbons (Fsp3) is 0. The highest BCUT2D eigenvalue weighted by Crippen LogP contribution is 2.44. The van der Waals surface area contributed by atoms with Crippen molar-refractivity contribution in [2.45, 2.75) is 0 Å². The van der Waals surface area contributed by atoms with E-state index in [1.807, 2.05) is 12.1 Å². The second-order valence-electron chi connectivity index (χ2n) is 18.0. The normalized spacial score (nSPS) is 12.1. The highest BCUT2D eigenvalue weighted by atomic mass is 16.3. The summed E-state index contributed by atoms with van der Waals surface area (Å²) in [5, 5.41) is 18.3. The molecule has 68 heavy (non-hydrogen) atoms. The van der Waals surface area contributed by atoms with Crippen molar-refractivity contribution in [3.63, 3.8) is 0 Å². The monoisotopic (exact) mass is 864 g/mol. The lowest BCUT2D eigenvalue weighted by atomic mass is 9.96. The van der Waals surface area contributed by atoms with Gasteiger partial charge in [0, 0.05) is 38.4 Å². The Balaban J connectivity index is 1.03. The predicted molar refractivity (Wildman–Crippen MR) is 283 cm³/mol. The van der Waals surface area contributed by atoms with E-state index in [0.717, 1.165) is 93.1 Å². The Morgan fingerprint density at radius 1 is 0.309 bits per heavy atom. The zero-order valence-corrected chi connectivity index (χ0v) is 36.5. The average molecular weight is 865 g/mol. The van der Waals surface area contributed by atoms with Gasteiger partial charge in [-0.15, -0.1) is 0 Å². The fourth-order valence-corrected chi connectivity index (χ4v) is 10.9. The van der Waals surface area contributed by atoms with Crippen LogP contribution in [0.4, 0.5) is 0 Å². The molecule has 3 aromatic heterocycles. The van der Waals surface area contributed by atoms with Crippen LogP contribution in [0.25, 0.3) is 148 Å². The molecular formula is C63H36N4O. The Labute approximate surface area is 388 Å². The summed E-state index contributed by atoms with van der Waals surface area (Å²) in [4.78, 5) is 16.2. The number of rotatable bonds is 4. The molecule has 0 radical (unpaired) electrons. The van der Waals surface area contributed by atoms with Crippen LogP contribution in [-0.2, 0) is 0 Å². The van der Waals surface area contributed by atoms with Gasteiger partial charge in [0.2, 0.25) is 0 Å². The van der Waals surface area contributed by atoms with Crippen LogP contribution >= 0.6 is 0 Å². The number of hydrogen-bond acceptors (Lipinski definition) is 4. The quantitative estimate of drug-likeness (QED) is 0.165. The minimum Gasteiger partial charge on any atom is -0.455 e. The van der Waals surface area contributed by atoms with Crippen LogP contribution in [0, 0.1) is 0 Å². The molecule has 0 aliphatic rings. The first-order valence-electron chi connectivity index (χ1n) is 23.1. The van der Waals surface area contributed by atoms with Gasteiger partial charge in [-0.1, -0.05) is 158 Å². The highest BCUT2D eigenvalue weighted by Gasteiger charge is 2.23. The minimum atomic E-state index is 0.543. The third-order valence-electron chi connectivity index (χ3n) is 14.1. The number of fused-ring (bicyclic) bond motifs is 14. The number of nitrogens with zero attached hydrogens (tertiary/aromatic N) is 4. The summed E-state index contributed by atoms with van der Waals surface area (Å²) >= 11 is 0. The SMILES string of the molecule is c1ccc2cc(-c3nc(-c4cc5ccccc5c5ccccc45)nc(-c4cc5cc(-n6c7cc8ccccc8cc7c7cc8ccccc8cc76)ccc5c5c4oc4ccccc45)n3)ccc2c1. The van der Waals surface area contributed by atoms with E-state index in [0.29, 0.717) is 17.5 Å². The van der Waals surface area contributed by atoms with E-state index in [1.165, 1.54) is 37.7 Å². The van der Waals surface area contributed by atoms with Gasteiger partial charge in [0.25, 0.3) is 0 Å². The molecule has 15 aromatic rings. The molecule has 0 fully saturated rings. The van der Waals surface area contributed by atoms with E-state index in [2.05, 4.69) is 211 Å². The van der Waals surface area contributed by atoms with Crippen molar-refractivity contribution in [2.24, 2.45) is 0 Å². The highest BCUT2D eigenvalue weighted by molar-refractivity contribution is 6.23. The van der Waals surface area contributed by atoms with Gasteiger partial charge in [-0.3, -0.25) is 0 Å². The minimum absolute atomic E-state index is 0.543. The first-order valence-corrected chi connectivity index (χ1v) is 23.1. The van der Waals surface area contributed by atoms with Crippen LogP contribution in [0.2, 0.25) is 0 Å². The van der Waals surface area contributed by atoms with Gasteiger partial charge in [-0.05, 0) is 125 Å². The first-order chi connectivity index (χ1) is 33.7. The molecular weight excluding hydrogens is 829 g/mol. The molecule has 0 saturated carbocycles. The van der Waals surface area contributed by atoms with Crippen molar-refractivity contribution in [3.8, 4) is 39.9 Å². The summed E-state index contributed by atoms with van der Waals surface area (Å²) in [5.41, 5.74) is 7.60. The molecule has 15 rings (SSSR count). The van der Waals surface area contributed by atoms with E-state index in [1.54, 1.807) is 0 Å². The van der Waals surface area contributed by atoms with Gasteiger partial charge in [-0.2, -0.15) is 0 Å². The van der Waals surface area contributed by atoms with Gasteiger partial charge in [-0.25, -0.2) is 15.0 Å². The molecule has 0 atom stereocenters. The molecule has 3 heterocycles. The Kier molecular flexibility index (Phi) is 7.72. The molecule has 0 N–H and O–H groups in total. The molecule has 0 aliphatic carbocycles. The topological polar surface area (TPSA) is 56.7 Å². The maximum atomic E-state index is 6.92.